The lowest BCUT2D eigenvalue weighted by molar-refractivity contribution is 0.0987. The maximum atomic E-state index is 12.6. The summed E-state index contributed by atoms with van der Waals surface area (Å²) in [5.41, 5.74) is 1.41. The van der Waals surface area contributed by atoms with Crippen LogP contribution in [0.3, 0.4) is 0 Å². The lowest BCUT2D eigenvalue weighted by Crippen LogP contribution is -2.17. The molecule has 7 nitrogen and oxygen atoms in total. The first kappa shape index (κ1) is 15.6. The minimum Gasteiger partial charge on any atom is -0.454 e. The van der Waals surface area contributed by atoms with Gasteiger partial charge < -0.3 is 14.0 Å². The lowest BCUT2D eigenvalue weighted by atomic mass is 10.3. The van der Waals surface area contributed by atoms with Crippen molar-refractivity contribution in [3.8, 4) is 11.5 Å². The first-order valence-electron chi connectivity index (χ1n) is 7.86. The summed E-state index contributed by atoms with van der Waals surface area (Å²) in [6.45, 7) is 7.12. The third-order valence-electron chi connectivity index (χ3n) is 3.92. The molecule has 0 aliphatic carbocycles. The minimum atomic E-state index is -0.316. The van der Waals surface area contributed by atoms with Crippen LogP contribution in [0, 0.1) is 0 Å². The maximum Gasteiger partial charge on any atom is 0.297 e. The molecule has 0 radical (unpaired) electrons. The van der Waals surface area contributed by atoms with Crippen molar-refractivity contribution >= 4 is 27.5 Å². The van der Waals surface area contributed by atoms with Crippen LogP contribution < -0.4 is 14.3 Å². The van der Waals surface area contributed by atoms with E-state index in [1.54, 1.807) is 23.0 Å². The van der Waals surface area contributed by atoms with Gasteiger partial charge in [0.15, 0.2) is 16.3 Å². The molecule has 0 bridgehead atoms. The Hall–Kier alpha value is -2.87. The van der Waals surface area contributed by atoms with Crippen LogP contribution in [-0.2, 0) is 13.1 Å². The smallest absolute Gasteiger partial charge is 0.297 e. The van der Waals surface area contributed by atoms with Crippen LogP contribution in [0.25, 0.3) is 10.2 Å². The second kappa shape index (κ2) is 6.21. The Balaban J connectivity index is 1.87. The van der Waals surface area contributed by atoms with Crippen molar-refractivity contribution in [3.63, 3.8) is 0 Å². The lowest BCUT2D eigenvalue weighted by Gasteiger charge is -2.02. The summed E-state index contributed by atoms with van der Waals surface area (Å²) in [5, 5.41) is 4.12. The standard InChI is InChI=1S/C17H16N4O3S/c1-3-7-20-12-8-13-14(24-10-23-13)9-15(12)25-17(20)19-16(22)11-5-6-18-21(11)4-2/h3,5-6,8-9H,1,4,7,10H2,2H3. The number of hydrogen-bond acceptors (Lipinski definition) is 5. The summed E-state index contributed by atoms with van der Waals surface area (Å²) >= 11 is 1.43. The van der Waals surface area contributed by atoms with Gasteiger partial charge in [0.1, 0.15) is 5.69 Å². The fourth-order valence-corrected chi connectivity index (χ4v) is 3.81. The van der Waals surface area contributed by atoms with Gasteiger partial charge in [-0.15, -0.1) is 6.58 Å². The molecule has 3 heterocycles. The Morgan fingerprint density at radius 1 is 1.44 bits per heavy atom. The molecule has 128 valence electrons. The van der Waals surface area contributed by atoms with Crippen LogP contribution in [0.2, 0.25) is 0 Å². The SMILES string of the molecule is C=CCn1c(=NC(=O)c2ccnn2CC)sc2cc3c(cc21)OCO3. The third-order valence-corrected chi connectivity index (χ3v) is 4.96. The van der Waals surface area contributed by atoms with Crippen LogP contribution in [0.4, 0.5) is 0 Å². The molecule has 2 aromatic heterocycles. The predicted molar refractivity (Wildman–Crippen MR) is 93.9 cm³/mol. The van der Waals surface area contributed by atoms with Crippen LogP contribution >= 0.6 is 11.3 Å². The molecule has 1 amide bonds. The largest absolute Gasteiger partial charge is 0.454 e. The number of rotatable bonds is 4. The van der Waals surface area contributed by atoms with Gasteiger partial charge in [0.25, 0.3) is 5.91 Å². The number of aryl methyl sites for hydroxylation is 1. The average molecular weight is 356 g/mol. The Bertz CT molecular complexity index is 1040. The monoisotopic (exact) mass is 356 g/mol. The topological polar surface area (TPSA) is 70.6 Å². The highest BCUT2D eigenvalue weighted by Crippen LogP contribution is 2.36. The van der Waals surface area contributed by atoms with Crippen LogP contribution in [0.1, 0.15) is 17.4 Å². The highest BCUT2D eigenvalue weighted by atomic mass is 32.1. The molecule has 0 atom stereocenters. The van der Waals surface area contributed by atoms with E-state index in [1.165, 1.54) is 11.3 Å². The van der Waals surface area contributed by atoms with E-state index in [0.717, 1.165) is 10.2 Å². The van der Waals surface area contributed by atoms with Crippen molar-refractivity contribution in [2.45, 2.75) is 20.0 Å². The molecule has 0 spiro atoms. The number of thiazole rings is 1. The third kappa shape index (κ3) is 2.64. The average Bonchev–Trinajstić information content (AvgIpc) is 3.32. The highest BCUT2D eigenvalue weighted by molar-refractivity contribution is 7.16. The molecule has 1 aliphatic rings. The summed E-state index contributed by atoms with van der Waals surface area (Å²) in [4.78, 5) is 17.5. The van der Waals surface area contributed by atoms with Crippen molar-refractivity contribution in [3.05, 3.63) is 47.5 Å². The van der Waals surface area contributed by atoms with Gasteiger partial charge in [0.2, 0.25) is 6.79 Å². The molecular weight excluding hydrogens is 340 g/mol. The minimum absolute atomic E-state index is 0.227. The van der Waals surface area contributed by atoms with E-state index < -0.39 is 0 Å². The van der Waals surface area contributed by atoms with Gasteiger partial charge in [-0.1, -0.05) is 17.4 Å². The second-order valence-corrected chi connectivity index (χ2v) is 6.42. The second-order valence-electron chi connectivity index (χ2n) is 5.41. The van der Waals surface area contributed by atoms with Gasteiger partial charge in [0.05, 0.1) is 10.2 Å². The zero-order chi connectivity index (χ0) is 17.4. The number of nitrogens with zero attached hydrogens (tertiary/aromatic N) is 4. The van der Waals surface area contributed by atoms with Crippen molar-refractivity contribution < 1.29 is 14.3 Å². The number of hydrogen-bond donors (Lipinski definition) is 0. The number of ether oxygens (including phenoxy) is 2. The number of carbonyl (C=O) groups excluding carboxylic acids is 1. The first-order valence-corrected chi connectivity index (χ1v) is 8.67. The van der Waals surface area contributed by atoms with Crippen molar-refractivity contribution in [2.24, 2.45) is 4.99 Å². The normalized spacial score (nSPS) is 13.6. The van der Waals surface area contributed by atoms with E-state index in [1.807, 2.05) is 23.6 Å². The number of benzene rings is 1. The van der Waals surface area contributed by atoms with Crippen LogP contribution in [0.15, 0.2) is 42.0 Å². The molecule has 0 fully saturated rings. The van der Waals surface area contributed by atoms with Gasteiger partial charge in [-0.3, -0.25) is 9.48 Å². The van der Waals surface area contributed by atoms with Crippen LogP contribution in [-0.4, -0.2) is 27.0 Å². The van der Waals surface area contributed by atoms with Crippen molar-refractivity contribution in [1.82, 2.24) is 14.3 Å². The van der Waals surface area contributed by atoms with Crippen molar-refractivity contribution in [1.29, 1.82) is 0 Å². The van der Waals surface area contributed by atoms with Gasteiger partial charge in [0, 0.05) is 31.4 Å². The molecule has 0 saturated carbocycles. The molecular formula is C17H16N4O3S. The predicted octanol–water partition coefficient (Wildman–Crippen LogP) is 2.58. The molecule has 0 saturated heterocycles. The zero-order valence-corrected chi connectivity index (χ0v) is 14.5. The number of carbonyl (C=O) groups is 1. The number of aromatic nitrogens is 3. The van der Waals surface area contributed by atoms with E-state index in [2.05, 4.69) is 16.7 Å². The van der Waals surface area contributed by atoms with Gasteiger partial charge in [-0.2, -0.15) is 10.1 Å². The van der Waals surface area contributed by atoms with Crippen LogP contribution in [0.5, 0.6) is 11.5 Å². The summed E-state index contributed by atoms with van der Waals surface area (Å²) < 4.78 is 15.4. The molecule has 3 aromatic rings. The molecule has 0 N–H and O–H groups in total. The first-order chi connectivity index (χ1) is 12.2. The summed E-state index contributed by atoms with van der Waals surface area (Å²) in [7, 11) is 0. The van der Waals surface area contributed by atoms with E-state index in [0.29, 0.717) is 35.1 Å². The Morgan fingerprint density at radius 2 is 2.24 bits per heavy atom. The van der Waals surface area contributed by atoms with Gasteiger partial charge in [-0.25, -0.2) is 0 Å². The Morgan fingerprint density at radius 3 is 3.00 bits per heavy atom. The maximum absolute atomic E-state index is 12.6. The fraction of sp³-hybridized carbons (Fsp3) is 0.235. The van der Waals surface area contributed by atoms with E-state index >= 15 is 0 Å². The summed E-state index contributed by atoms with van der Waals surface area (Å²) in [6.07, 6.45) is 3.38. The van der Waals surface area contributed by atoms with E-state index in [-0.39, 0.29) is 12.7 Å². The van der Waals surface area contributed by atoms with Gasteiger partial charge >= 0.3 is 0 Å². The fourth-order valence-electron chi connectivity index (χ4n) is 2.76. The zero-order valence-electron chi connectivity index (χ0n) is 13.6. The molecule has 1 aliphatic heterocycles. The number of allylic oxidation sites excluding steroid dienone is 1. The molecule has 1 aromatic carbocycles. The van der Waals surface area contributed by atoms with Crippen molar-refractivity contribution in [2.75, 3.05) is 6.79 Å². The quantitative estimate of drug-likeness (QED) is 0.674. The van der Waals surface area contributed by atoms with Gasteiger partial charge in [-0.05, 0) is 13.0 Å². The highest BCUT2D eigenvalue weighted by Gasteiger charge is 2.18. The molecule has 0 unspecified atom stereocenters. The summed E-state index contributed by atoms with van der Waals surface area (Å²) in [5.74, 6) is 1.09. The Labute approximate surface area is 147 Å². The molecule has 25 heavy (non-hydrogen) atoms. The van der Waals surface area contributed by atoms with E-state index in [9.17, 15) is 4.79 Å². The van der Waals surface area contributed by atoms with E-state index in [4.69, 9.17) is 9.47 Å². The number of fused-ring (bicyclic) bond motifs is 2. The summed E-state index contributed by atoms with van der Waals surface area (Å²) in [6, 6.07) is 5.51. The molecule has 8 heteroatoms. The molecule has 4 rings (SSSR count). The Kier molecular flexibility index (Phi) is 3.89. The number of amides is 1.